The molecule has 7 N–H and O–H groups in total. The summed E-state index contributed by atoms with van der Waals surface area (Å²) in [6, 6.07) is 0. The van der Waals surface area contributed by atoms with Crippen molar-refractivity contribution in [2.45, 2.75) is 25.0 Å². The van der Waals surface area contributed by atoms with Crippen molar-refractivity contribution in [3.05, 3.63) is 0 Å². The van der Waals surface area contributed by atoms with Gasteiger partial charge in [0.2, 0.25) is 0 Å². The Balaban J connectivity index is -0.0000000197. The van der Waals surface area contributed by atoms with Crippen LogP contribution in [0.5, 0.6) is 0 Å². The first-order valence-electron chi connectivity index (χ1n) is 4.58. The minimum atomic E-state index is -1.96. The van der Waals surface area contributed by atoms with Gasteiger partial charge in [-0.3, -0.25) is 4.79 Å². The van der Waals surface area contributed by atoms with Gasteiger partial charge in [0, 0.05) is 12.4 Å². The Hall–Kier alpha value is 2.52. The second-order valence-electron chi connectivity index (χ2n) is 2.86. The molecule has 0 saturated carbocycles. The van der Waals surface area contributed by atoms with E-state index < -0.39 is 48.9 Å². The van der Waals surface area contributed by atoms with E-state index in [9.17, 15) is 29.4 Å². The molecule has 0 aromatic heterocycles. The van der Waals surface area contributed by atoms with Crippen LogP contribution in [0.2, 0.25) is 0 Å². The zero-order chi connectivity index (χ0) is 16.9. The molecule has 14 nitrogen and oxygen atoms in total. The fraction of sp³-hybridized carbons (Fsp3) is 0.500. The molecular formula is C8H14Ca4O14. The van der Waals surface area contributed by atoms with Crippen molar-refractivity contribution < 1.29 is 69.1 Å². The summed E-state index contributed by atoms with van der Waals surface area (Å²) in [6.07, 6.45) is -5.44. The van der Waals surface area contributed by atoms with E-state index in [1.807, 2.05) is 0 Å². The van der Waals surface area contributed by atoms with Crippen LogP contribution < -0.4 is 10.2 Å². The van der Waals surface area contributed by atoms with Gasteiger partial charge in [0.05, 0.1) is 18.5 Å². The number of aliphatic hydroxyl groups excluding tert-OH is 2. The van der Waals surface area contributed by atoms with Crippen LogP contribution >= 0.6 is 0 Å². The maximum atomic E-state index is 9.72. The van der Waals surface area contributed by atoms with Crippen molar-refractivity contribution >= 4 is 173 Å². The summed E-state index contributed by atoms with van der Waals surface area (Å²) in [5.41, 5.74) is 0. The van der Waals surface area contributed by atoms with E-state index in [1.165, 1.54) is 0 Å². The number of carboxylic acids is 4. The van der Waals surface area contributed by atoms with Crippen molar-refractivity contribution in [2.75, 3.05) is 0 Å². The monoisotopic (exact) mass is 494 g/mol. The number of aliphatic hydroxyl groups is 2. The molecule has 0 radical (unpaired) electrons. The van der Waals surface area contributed by atoms with Gasteiger partial charge in [-0.2, -0.15) is 0 Å². The van der Waals surface area contributed by atoms with Crippen LogP contribution in [0.15, 0.2) is 0 Å². The number of hydrogen-bond acceptors (Lipinski definition) is 12. The first-order valence-corrected chi connectivity index (χ1v) is 5.48. The van der Waals surface area contributed by atoms with Gasteiger partial charge in [-0.15, -0.1) is 0 Å². The predicted molar refractivity (Wildman–Crippen MR) is 77.2 cm³/mol. The summed E-state index contributed by atoms with van der Waals surface area (Å²) in [4.78, 5) is 38.5. The second kappa shape index (κ2) is 38.2. The minimum absolute atomic E-state index is 0. The van der Waals surface area contributed by atoms with Crippen LogP contribution in [0.25, 0.3) is 0 Å². The van der Waals surface area contributed by atoms with E-state index >= 15 is 0 Å². The molecule has 0 aromatic rings. The SMILES string of the molecule is O=C(O)CC(O)C(=O)O.O=C([O-])CC(O)C(=O)[O-].[Ca+2].[Ca+2].[Ca+2].[H-].[OH-].[OH-].[OH-].[O]=[Ca]. The summed E-state index contributed by atoms with van der Waals surface area (Å²) in [5, 5.41) is 51.5. The van der Waals surface area contributed by atoms with E-state index in [1.54, 1.807) is 0 Å². The molecular weight excluding hydrogens is 480 g/mol. The fourth-order valence-electron chi connectivity index (χ4n) is 0.494. The van der Waals surface area contributed by atoms with Gasteiger partial charge in [-0.05, 0) is 0 Å². The Morgan fingerprint density at radius 2 is 1.12 bits per heavy atom. The molecule has 2 atom stereocenters. The molecule has 0 aliphatic rings. The molecule has 0 saturated heterocycles. The van der Waals surface area contributed by atoms with Crippen LogP contribution in [0.4, 0.5) is 0 Å². The van der Waals surface area contributed by atoms with Crippen LogP contribution in [0.3, 0.4) is 0 Å². The van der Waals surface area contributed by atoms with Gasteiger partial charge in [0.15, 0.2) is 6.10 Å². The van der Waals surface area contributed by atoms with E-state index in [4.69, 9.17) is 21.9 Å². The molecule has 26 heavy (non-hydrogen) atoms. The van der Waals surface area contributed by atoms with E-state index in [0.717, 1.165) is 0 Å². The summed E-state index contributed by atoms with van der Waals surface area (Å²) in [5.74, 6) is -6.27. The molecule has 0 aromatic carbocycles. The average Bonchev–Trinajstić information content (AvgIpc) is 2.30. The molecule has 0 heterocycles. The Morgan fingerprint density at radius 3 is 1.19 bits per heavy atom. The van der Waals surface area contributed by atoms with E-state index in [0.29, 0.717) is 0 Å². The summed E-state index contributed by atoms with van der Waals surface area (Å²) < 4.78 is 8.38. The first kappa shape index (κ1) is 56.7. The maximum absolute atomic E-state index is 9.72. The molecule has 0 spiro atoms. The van der Waals surface area contributed by atoms with Crippen molar-refractivity contribution in [3.63, 3.8) is 0 Å². The Morgan fingerprint density at radius 1 is 0.808 bits per heavy atom. The second-order valence-corrected chi connectivity index (χ2v) is 2.86. The van der Waals surface area contributed by atoms with Crippen LogP contribution in [0.1, 0.15) is 14.3 Å². The molecule has 0 amide bonds. The summed E-state index contributed by atoms with van der Waals surface area (Å²) in [6.45, 7) is 0. The molecule has 0 bridgehead atoms. The average molecular weight is 494 g/mol. The Kier molecular flexibility index (Phi) is 83.2. The van der Waals surface area contributed by atoms with Gasteiger partial charge in [-0.25, -0.2) is 4.79 Å². The van der Waals surface area contributed by atoms with Gasteiger partial charge in [0.1, 0.15) is 0 Å². The third-order valence-electron chi connectivity index (χ3n) is 1.29. The molecule has 138 valence electrons. The number of rotatable bonds is 6. The van der Waals surface area contributed by atoms with Crippen LogP contribution in [-0.4, -0.2) is 222 Å². The topological polar surface area (TPSA) is 302 Å². The van der Waals surface area contributed by atoms with Crippen molar-refractivity contribution in [3.8, 4) is 0 Å². The van der Waals surface area contributed by atoms with Crippen molar-refractivity contribution in [1.82, 2.24) is 0 Å². The Labute approximate surface area is 262 Å². The fourth-order valence-corrected chi connectivity index (χ4v) is 0.494. The molecule has 18 heteroatoms. The third kappa shape index (κ3) is 50.4. The molecule has 0 aliphatic carbocycles. The molecule has 0 fully saturated rings. The predicted octanol–water partition coefficient (Wildman–Crippen LogP) is -6.92. The van der Waals surface area contributed by atoms with Gasteiger partial charge in [0.25, 0.3) is 0 Å². The molecule has 0 rings (SSSR count). The van der Waals surface area contributed by atoms with Crippen molar-refractivity contribution in [1.29, 1.82) is 0 Å². The Bertz CT molecular complexity index is 328. The number of aliphatic carboxylic acids is 4. The zero-order valence-corrected chi connectivity index (χ0v) is 22.2. The number of carboxylic acid groups (broad SMARTS) is 4. The molecule has 2 unspecified atom stereocenters. The standard InChI is InChI=1S/2C4H6O5.4Ca.3H2O.O.H/c2*5-2(4(8)9)1-3(6)7;;;;;;;;;/h2*2,5H,1H2,(H,6,7)(H,8,9);;;;;3*1H2;;/q;;;3*+2;;;;;-1/p-5. The first-order chi connectivity index (χ1) is 9.07. The molecule has 0 aliphatic heterocycles. The summed E-state index contributed by atoms with van der Waals surface area (Å²) >= 11 is 0.125. The van der Waals surface area contributed by atoms with Gasteiger partial charge >= 0.3 is 162 Å². The zero-order valence-electron chi connectivity index (χ0n) is 14.4. The van der Waals surface area contributed by atoms with Crippen LogP contribution in [0, 0.1) is 0 Å². The van der Waals surface area contributed by atoms with Gasteiger partial charge < -0.3 is 58.1 Å². The quantitative estimate of drug-likeness (QED) is 0.249. The number of carbonyl (C=O) groups is 4. The van der Waals surface area contributed by atoms with Crippen LogP contribution in [-0.2, 0) is 20.6 Å². The number of hydrogen-bond donors (Lipinski definition) is 4. The summed E-state index contributed by atoms with van der Waals surface area (Å²) in [7, 11) is 0. The van der Waals surface area contributed by atoms with Gasteiger partial charge in [-0.1, -0.05) is 0 Å². The third-order valence-corrected chi connectivity index (χ3v) is 1.29. The van der Waals surface area contributed by atoms with E-state index in [-0.39, 0.29) is 167 Å². The van der Waals surface area contributed by atoms with E-state index in [2.05, 4.69) is 0 Å². The van der Waals surface area contributed by atoms with Crippen molar-refractivity contribution in [2.24, 2.45) is 0 Å². The normalized spacial score (nSPS) is 8.92. The number of carbonyl (C=O) groups excluding carboxylic acids is 2.